The SMILES string of the molecule is CCC(C)CCCCCCCCC(=O)O[C@H](COC(=O)CCCCCCCCC(C)C)COP(=O)(O)OC[C@H](O)COP(=O)(O)OC[C@@H](COC(=O)CCCCCCCCCCCCCCCC(C)C)OC(=O)CCCCCCCCCCCCCCCCCCC(C)C. The third kappa shape index (κ3) is 67.3. The largest absolute Gasteiger partial charge is 0.472 e. The van der Waals surface area contributed by atoms with E-state index < -0.39 is 97.5 Å². The van der Waals surface area contributed by atoms with Crippen molar-refractivity contribution in [2.45, 2.75) is 395 Å². The number of carbonyl (C=O) groups excluding carboxylic acids is 4. The molecule has 3 N–H and O–H groups in total. The topological polar surface area (TPSA) is 237 Å². The number of unbranched alkanes of at least 4 members (excludes halogenated alkanes) is 37. The number of aliphatic hydroxyl groups is 1. The fourth-order valence-electron chi connectivity index (χ4n) is 11.3. The number of phosphoric ester groups is 2. The molecule has 0 aliphatic rings. The third-order valence-corrected chi connectivity index (χ3v) is 19.6. The summed E-state index contributed by atoms with van der Waals surface area (Å²) in [7, 11) is -9.91. The monoisotopic (exact) mass is 1380 g/mol. The summed E-state index contributed by atoms with van der Waals surface area (Å²) in [5.74, 6) is 0.873. The number of ether oxygens (including phenoxy) is 4. The summed E-state index contributed by atoms with van der Waals surface area (Å²) in [6.07, 6.45) is 48.9. The molecule has 0 aromatic rings. The highest BCUT2D eigenvalue weighted by Crippen LogP contribution is 2.45. The van der Waals surface area contributed by atoms with Gasteiger partial charge in [0.15, 0.2) is 12.2 Å². The maximum Gasteiger partial charge on any atom is 0.472 e. The van der Waals surface area contributed by atoms with Crippen molar-refractivity contribution in [1.29, 1.82) is 0 Å². The molecule has 6 atom stereocenters. The van der Waals surface area contributed by atoms with E-state index in [2.05, 4.69) is 55.4 Å². The summed E-state index contributed by atoms with van der Waals surface area (Å²) in [5, 5.41) is 10.6. The Morgan fingerprint density at radius 2 is 0.511 bits per heavy atom. The highest BCUT2D eigenvalue weighted by atomic mass is 31.2. The summed E-state index contributed by atoms with van der Waals surface area (Å²) in [5.41, 5.74) is 0. The van der Waals surface area contributed by atoms with Crippen LogP contribution in [-0.4, -0.2) is 96.7 Å². The molecule has 0 saturated carbocycles. The van der Waals surface area contributed by atoms with Gasteiger partial charge in [-0.15, -0.1) is 0 Å². The molecule has 0 spiro atoms. The first-order chi connectivity index (χ1) is 45.1. The number of hydrogen-bond donors (Lipinski definition) is 3. The molecule has 0 aromatic heterocycles. The Morgan fingerprint density at radius 3 is 0.755 bits per heavy atom. The van der Waals surface area contributed by atoms with Gasteiger partial charge in [0, 0.05) is 25.7 Å². The van der Waals surface area contributed by atoms with Gasteiger partial charge in [0.25, 0.3) is 0 Å². The lowest BCUT2D eigenvalue weighted by atomic mass is 10.00. The second kappa shape index (κ2) is 64.4. The molecule has 0 bridgehead atoms. The van der Waals surface area contributed by atoms with Crippen LogP contribution in [0.4, 0.5) is 0 Å². The lowest BCUT2D eigenvalue weighted by Crippen LogP contribution is -2.30. The van der Waals surface area contributed by atoms with Gasteiger partial charge in [-0.3, -0.25) is 37.3 Å². The summed E-state index contributed by atoms with van der Waals surface area (Å²) in [4.78, 5) is 72.7. The molecule has 17 nitrogen and oxygen atoms in total. The molecule has 0 rings (SSSR count). The van der Waals surface area contributed by atoms with Gasteiger partial charge < -0.3 is 33.8 Å². The van der Waals surface area contributed by atoms with E-state index >= 15 is 0 Å². The first-order valence-corrected chi connectivity index (χ1v) is 41.7. The van der Waals surface area contributed by atoms with Crippen molar-refractivity contribution in [2.24, 2.45) is 23.7 Å². The maximum absolute atomic E-state index is 13.1. The molecule has 0 aromatic carbocycles. The number of rotatable bonds is 72. The van der Waals surface area contributed by atoms with Crippen LogP contribution in [0.5, 0.6) is 0 Å². The van der Waals surface area contributed by atoms with Crippen LogP contribution in [0.3, 0.4) is 0 Å². The Kier molecular flexibility index (Phi) is 63.1. The Balaban J connectivity index is 5.22. The fourth-order valence-corrected chi connectivity index (χ4v) is 12.9. The van der Waals surface area contributed by atoms with Crippen LogP contribution in [0, 0.1) is 23.7 Å². The standard InChI is InChI=1S/C75H146O17P2/c1-9-68(8)54-46-38-32-34-42-50-58-75(80)92-71(62-86-73(78)56-48-40-33-31-37-45-53-67(6)7)64-90-94(83,84)88-60-69(76)59-87-93(81,82)89-63-70(61-85-72(77)55-47-39-29-25-21-18-14-16-20-24-28-36-44-52-66(4)5)91-74(79)57-49-41-30-26-22-17-13-11-10-12-15-19-23-27-35-43-51-65(2)3/h65-71,76H,9-64H2,1-8H3,(H,81,82)(H,83,84)/t68?,69-,70-,71-/m1/s1. The zero-order valence-corrected chi connectivity index (χ0v) is 63.4. The minimum atomic E-state index is -4.96. The normalized spacial score (nSPS) is 14.4. The zero-order valence-electron chi connectivity index (χ0n) is 61.6. The molecule has 0 amide bonds. The van der Waals surface area contributed by atoms with Crippen LogP contribution in [-0.2, 0) is 65.4 Å². The van der Waals surface area contributed by atoms with Crippen LogP contribution in [0.2, 0.25) is 0 Å². The number of carbonyl (C=O) groups is 4. The number of phosphoric acid groups is 2. The van der Waals surface area contributed by atoms with Gasteiger partial charge in [-0.2, -0.15) is 0 Å². The van der Waals surface area contributed by atoms with E-state index in [0.29, 0.717) is 31.6 Å². The molecular formula is C75H146O17P2. The lowest BCUT2D eigenvalue weighted by Gasteiger charge is -2.21. The number of esters is 4. The summed E-state index contributed by atoms with van der Waals surface area (Å²) >= 11 is 0. The molecule has 0 aliphatic carbocycles. The van der Waals surface area contributed by atoms with E-state index in [0.717, 1.165) is 114 Å². The predicted octanol–water partition coefficient (Wildman–Crippen LogP) is 21.7. The van der Waals surface area contributed by atoms with Gasteiger partial charge in [0.05, 0.1) is 26.4 Å². The van der Waals surface area contributed by atoms with E-state index in [9.17, 15) is 43.2 Å². The molecule has 3 unspecified atom stereocenters. The molecule has 94 heavy (non-hydrogen) atoms. The molecule has 0 saturated heterocycles. The van der Waals surface area contributed by atoms with Crippen molar-refractivity contribution in [2.75, 3.05) is 39.6 Å². The molecule has 0 aliphatic heterocycles. The average molecular weight is 1380 g/mol. The predicted molar refractivity (Wildman–Crippen MR) is 381 cm³/mol. The van der Waals surface area contributed by atoms with E-state index in [1.165, 1.54) is 173 Å². The quantitative estimate of drug-likeness (QED) is 0.0222. The Hall–Kier alpha value is -1.94. The Morgan fingerprint density at radius 1 is 0.298 bits per heavy atom. The van der Waals surface area contributed by atoms with E-state index in [4.69, 9.17) is 37.0 Å². The summed E-state index contributed by atoms with van der Waals surface area (Å²) < 4.78 is 68.4. The highest BCUT2D eigenvalue weighted by Gasteiger charge is 2.30. The van der Waals surface area contributed by atoms with Crippen LogP contribution in [0.25, 0.3) is 0 Å². The van der Waals surface area contributed by atoms with Gasteiger partial charge in [-0.1, -0.05) is 325 Å². The van der Waals surface area contributed by atoms with Crippen molar-refractivity contribution in [3.63, 3.8) is 0 Å². The molecular weight excluding hydrogens is 1230 g/mol. The van der Waals surface area contributed by atoms with Crippen molar-refractivity contribution < 1.29 is 80.2 Å². The van der Waals surface area contributed by atoms with Gasteiger partial charge in [-0.05, 0) is 49.4 Å². The molecule has 19 heteroatoms. The van der Waals surface area contributed by atoms with Crippen molar-refractivity contribution >= 4 is 39.5 Å². The van der Waals surface area contributed by atoms with Crippen LogP contribution < -0.4 is 0 Å². The number of aliphatic hydroxyl groups excluding tert-OH is 1. The maximum atomic E-state index is 13.1. The minimum Gasteiger partial charge on any atom is -0.462 e. The fraction of sp³-hybridized carbons (Fsp3) is 0.947. The average Bonchev–Trinajstić information content (AvgIpc) is 1.67. The van der Waals surface area contributed by atoms with Crippen LogP contribution in [0.1, 0.15) is 376 Å². The molecule has 558 valence electrons. The molecule has 0 radical (unpaired) electrons. The van der Waals surface area contributed by atoms with Crippen LogP contribution >= 0.6 is 15.6 Å². The molecule has 0 fully saturated rings. The van der Waals surface area contributed by atoms with Gasteiger partial charge >= 0.3 is 39.5 Å². The number of hydrogen-bond acceptors (Lipinski definition) is 15. The Labute approximate surface area is 575 Å². The first kappa shape index (κ1) is 92.1. The Bertz CT molecular complexity index is 1850. The second-order valence-electron chi connectivity index (χ2n) is 28.7. The van der Waals surface area contributed by atoms with Gasteiger partial charge in [0.1, 0.15) is 19.3 Å². The van der Waals surface area contributed by atoms with Gasteiger partial charge in [-0.25, -0.2) is 9.13 Å². The third-order valence-electron chi connectivity index (χ3n) is 17.7. The lowest BCUT2D eigenvalue weighted by molar-refractivity contribution is -0.161. The van der Waals surface area contributed by atoms with E-state index in [-0.39, 0.29) is 25.7 Å². The minimum absolute atomic E-state index is 0.102. The van der Waals surface area contributed by atoms with Crippen molar-refractivity contribution in [3.8, 4) is 0 Å². The second-order valence-corrected chi connectivity index (χ2v) is 31.6. The summed E-state index contributed by atoms with van der Waals surface area (Å²) in [6.45, 7) is 14.1. The van der Waals surface area contributed by atoms with Crippen molar-refractivity contribution in [3.05, 3.63) is 0 Å². The van der Waals surface area contributed by atoms with E-state index in [1.807, 2.05) is 0 Å². The van der Waals surface area contributed by atoms with E-state index in [1.54, 1.807) is 0 Å². The molecule has 0 heterocycles. The zero-order chi connectivity index (χ0) is 69.6. The van der Waals surface area contributed by atoms with Crippen molar-refractivity contribution in [1.82, 2.24) is 0 Å². The smallest absolute Gasteiger partial charge is 0.462 e. The van der Waals surface area contributed by atoms with Gasteiger partial charge in [0.2, 0.25) is 0 Å². The van der Waals surface area contributed by atoms with Crippen LogP contribution in [0.15, 0.2) is 0 Å². The summed E-state index contributed by atoms with van der Waals surface area (Å²) in [6, 6.07) is 0. The highest BCUT2D eigenvalue weighted by molar-refractivity contribution is 7.47. The first-order valence-electron chi connectivity index (χ1n) is 38.7.